The molecule has 0 amide bonds. The fraction of sp³-hybridized carbons (Fsp3) is 0.105. The molecular weight excluding hydrogens is 512 g/mol. The first kappa shape index (κ1) is 27.0. The van der Waals surface area contributed by atoms with Crippen LogP contribution in [-0.4, -0.2) is 9.97 Å². The lowest BCUT2D eigenvalue weighted by molar-refractivity contribution is 1.19. The third-order valence-electron chi connectivity index (χ3n) is 7.44. The van der Waals surface area contributed by atoms with Gasteiger partial charge < -0.3 is 9.80 Å². The van der Waals surface area contributed by atoms with Crippen molar-refractivity contribution >= 4 is 34.1 Å². The van der Waals surface area contributed by atoms with Crippen molar-refractivity contribution in [2.45, 2.75) is 27.7 Å². The molecule has 42 heavy (non-hydrogen) atoms. The zero-order chi connectivity index (χ0) is 29.1. The lowest BCUT2D eigenvalue weighted by atomic mass is 10.1. The van der Waals surface area contributed by atoms with Crippen LogP contribution in [0.25, 0.3) is 11.4 Å². The van der Waals surface area contributed by atoms with Crippen LogP contribution in [0.5, 0.6) is 0 Å². The average molecular weight is 547 g/mol. The summed E-state index contributed by atoms with van der Waals surface area (Å²) in [5.41, 5.74) is 12.9. The molecule has 206 valence electrons. The Labute approximate surface area is 248 Å². The summed E-state index contributed by atoms with van der Waals surface area (Å²) < 4.78 is 0. The smallest absolute Gasteiger partial charge is 0.0887 e. The molecule has 0 aliphatic carbocycles. The lowest BCUT2D eigenvalue weighted by Gasteiger charge is -2.26. The average Bonchev–Trinajstić information content (AvgIpc) is 3.02. The number of aromatic nitrogens is 2. The molecule has 0 saturated heterocycles. The van der Waals surface area contributed by atoms with Gasteiger partial charge in [0.05, 0.1) is 35.2 Å². The van der Waals surface area contributed by atoms with Crippen LogP contribution in [0.4, 0.5) is 34.1 Å². The van der Waals surface area contributed by atoms with E-state index in [1.807, 2.05) is 24.5 Å². The zero-order valence-electron chi connectivity index (χ0n) is 24.5. The van der Waals surface area contributed by atoms with E-state index in [0.717, 1.165) is 45.5 Å². The minimum absolute atomic E-state index is 0.829. The Kier molecular flexibility index (Phi) is 7.52. The molecule has 0 aliphatic heterocycles. The Bertz CT molecular complexity index is 1530. The van der Waals surface area contributed by atoms with Crippen LogP contribution in [0, 0.1) is 27.7 Å². The van der Waals surface area contributed by atoms with E-state index in [1.54, 1.807) is 0 Å². The predicted molar refractivity (Wildman–Crippen MR) is 176 cm³/mol. The summed E-state index contributed by atoms with van der Waals surface area (Å²) in [6, 6.07) is 42.6. The maximum atomic E-state index is 4.85. The maximum absolute atomic E-state index is 4.85. The van der Waals surface area contributed by atoms with Crippen LogP contribution in [0.1, 0.15) is 22.3 Å². The van der Waals surface area contributed by atoms with E-state index in [1.165, 1.54) is 22.3 Å². The van der Waals surface area contributed by atoms with Gasteiger partial charge in [0.1, 0.15) is 0 Å². The molecule has 0 bridgehead atoms. The molecule has 0 atom stereocenters. The van der Waals surface area contributed by atoms with Crippen molar-refractivity contribution in [1.29, 1.82) is 0 Å². The highest BCUT2D eigenvalue weighted by Crippen LogP contribution is 2.37. The Morgan fingerprint density at radius 3 is 0.762 bits per heavy atom. The predicted octanol–water partition coefficient (Wildman–Crippen LogP) is 10.3. The number of pyridine rings is 2. The van der Waals surface area contributed by atoms with E-state index in [4.69, 9.17) is 9.97 Å². The molecule has 0 radical (unpaired) electrons. The van der Waals surface area contributed by atoms with Crippen LogP contribution in [0.2, 0.25) is 0 Å². The van der Waals surface area contributed by atoms with Gasteiger partial charge in [0.15, 0.2) is 0 Å². The molecule has 0 spiro atoms. The van der Waals surface area contributed by atoms with Gasteiger partial charge in [-0.1, -0.05) is 70.8 Å². The zero-order valence-corrected chi connectivity index (χ0v) is 24.5. The van der Waals surface area contributed by atoms with Crippen LogP contribution < -0.4 is 9.80 Å². The molecule has 4 aromatic carbocycles. The first-order valence-electron chi connectivity index (χ1n) is 14.2. The van der Waals surface area contributed by atoms with Gasteiger partial charge in [0.25, 0.3) is 0 Å². The number of benzene rings is 4. The summed E-state index contributed by atoms with van der Waals surface area (Å²) in [5.74, 6) is 0. The molecule has 0 aliphatic rings. The Morgan fingerprint density at radius 1 is 0.310 bits per heavy atom. The van der Waals surface area contributed by atoms with Gasteiger partial charge in [-0.3, -0.25) is 9.97 Å². The third-order valence-corrected chi connectivity index (χ3v) is 7.44. The highest BCUT2D eigenvalue weighted by atomic mass is 15.2. The number of aryl methyl sites for hydroxylation is 4. The van der Waals surface area contributed by atoms with Crippen molar-refractivity contribution in [3.8, 4) is 11.4 Å². The minimum Gasteiger partial charge on any atom is -0.309 e. The molecule has 6 aromatic rings. The third kappa shape index (κ3) is 5.79. The van der Waals surface area contributed by atoms with Crippen molar-refractivity contribution in [3.05, 3.63) is 156 Å². The molecular formula is C38H34N4. The largest absolute Gasteiger partial charge is 0.309 e. The molecule has 0 saturated carbocycles. The van der Waals surface area contributed by atoms with E-state index < -0.39 is 0 Å². The van der Waals surface area contributed by atoms with Gasteiger partial charge in [-0.15, -0.1) is 0 Å². The van der Waals surface area contributed by atoms with Crippen LogP contribution in [0.15, 0.2) is 134 Å². The van der Waals surface area contributed by atoms with E-state index in [-0.39, 0.29) is 0 Å². The molecule has 2 aromatic heterocycles. The van der Waals surface area contributed by atoms with E-state index in [2.05, 4.69) is 147 Å². The second kappa shape index (κ2) is 11.7. The van der Waals surface area contributed by atoms with Gasteiger partial charge >= 0.3 is 0 Å². The normalized spacial score (nSPS) is 10.9. The second-order valence-corrected chi connectivity index (χ2v) is 10.8. The van der Waals surface area contributed by atoms with Gasteiger partial charge in [-0.2, -0.15) is 0 Å². The highest BCUT2D eigenvalue weighted by Gasteiger charge is 2.15. The Hall–Kier alpha value is -5.22. The van der Waals surface area contributed by atoms with Gasteiger partial charge in [0.2, 0.25) is 0 Å². The number of hydrogen-bond donors (Lipinski definition) is 0. The Balaban J connectivity index is 1.31. The van der Waals surface area contributed by atoms with E-state index >= 15 is 0 Å². The molecule has 0 fully saturated rings. The number of hydrogen-bond acceptors (Lipinski definition) is 4. The van der Waals surface area contributed by atoms with Crippen molar-refractivity contribution in [1.82, 2.24) is 9.97 Å². The lowest BCUT2D eigenvalue weighted by Crippen LogP contribution is -2.11. The molecule has 0 unspecified atom stereocenters. The van der Waals surface area contributed by atoms with Crippen molar-refractivity contribution < 1.29 is 0 Å². The van der Waals surface area contributed by atoms with Crippen molar-refractivity contribution in [2.75, 3.05) is 9.80 Å². The topological polar surface area (TPSA) is 32.3 Å². The van der Waals surface area contributed by atoms with Gasteiger partial charge in [-0.25, -0.2) is 0 Å². The summed E-state index contributed by atoms with van der Waals surface area (Å²) >= 11 is 0. The summed E-state index contributed by atoms with van der Waals surface area (Å²) in [5, 5.41) is 0. The molecule has 4 heteroatoms. The van der Waals surface area contributed by atoms with Crippen LogP contribution in [-0.2, 0) is 0 Å². The van der Waals surface area contributed by atoms with Crippen LogP contribution in [0.3, 0.4) is 0 Å². The van der Waals surface area contributed by atoms with E-state index in [9.17, 15) is 0 Å². The maximum Gasteiger partial charge on any atom is 0.0887 e. The summed E-state index contributed by atoms with van der Waals surface area (Å²) in [6.45, 7) is 8.43. The second-order valence-electron chi connectivity index (χ2n) is 10.8. The highest BCUT2D eigenvalue weighted by molar-refractivity contribution is 5.78. The fourth-order valence-corrected chi connectivity index (χ4v) is 5.01. The van der Waals surface area contributed by atoms with Gasteiger partial charge in [-0.05, 0) is 100 Å². The first-order valence-corrected chi connectivity index (χ1v) is 14.2. The van der Waals surface area contributed by atoms with E-state index in [0.29, 0.717) is 0 Å². The molecule has 4 nitrogen and oxygen atoms in total. The molecule has 6 rings (SSSR count). The quantitative estimate of drug-likeness (QED) is 0.199. The molecule has 2 heterocycles. The van der Waals surface area contributed by atoms with Crippen LogP contribution >= 0.6 is 0 Å². The fourth-order valence-electron chi connectivity index (χ4n) is 5.01. The molecule has 0 N–H and O–H groups in total. The number of anilines is 6. The monoisotopic (exact) mass is 546 g/mol. The first-order chi connectivity index (χ1) is 20.4. The van der Waals surface area contributed by atoms with Crippen molar-refractivity contribution in [2.24, 2.45) is 0 Å². The van der Waals surface area contributed by atoms with Gasteiger partial charge in [0, 0.05) is 22.7 Å². The summed E-state index contributed by atoms with van der Waals surface area (Å²) in [4.78, 5) is 14.2. The number of nitrogens with zero attached hydrogens (tertiary/aromatic N) is 4. The SMILES string of the molecule is Cc1ccc(N(c2ccc(C)cc2)c2ccc(-c3ccc(N(c4ccc(C)cc4)c4ccc(C)cc4)cn3)nc2)cc1. The Morgan fingerprint density at radius 2 is 0.548 bits per heavy atom. The summed E-state index contributed by atoms with van der Waals surface area (Å²) in [7, 11) is 0. The number of rotatable bonds is 7. The van der Waals surface area contributed by atoms with Crippen molar-refractivity contribution in [3.63, 3.8) is 0 Å². The summed E-state index contributed by atoms with van der Waals surface area (Å²) in [6.07, 6.45) is 3.85. The standard InChI is InChI=1S/C38H34N4/c1-27-5-13-31(14-6-27)41(32-15-7-28(2)8-16-32)35-21-23-37(39-25-35)38-24-22-36(26-40-38)42(33-17-9-29(3)10-18-33)34-19-11-30(4)12-20-34/h5-26H,1-4H3. The minimum atomic E-state index is 0.829.